The van der Waals surface area contributed by atoms with Crippen molar-refractivity contribution in [1.82, 2.24) is 15.5 Å². The predicted molar refractivity (Wildman–Crippen MR) is 77.7 cm³/mol. The van der Waals surface area contributed by atoms with E-state index in [0.29, 0.717) is 30.6 Å². The summed E-state index contributed by atoms with van der Waals surface area (Å²) in [5.41, 5.74) is -0.820. The molecule has 23 heavy (non-hydrogen) atoms. The first-order valence-electron chi connectivity index (χ1n) is 7.33. The summed E-state index contributed by atoms with van der Waals surface area (Å²) in [4.78, 5) is 16.4. The SMILES string of the molecule is Cc1nc(C2(NC(=O)Nc3ccc(F)cc3F)CCCC2)no1. The highest BCUT2D eigenvalue weighted by Crippen LogP contribution is 2.37. The van der Waals surface area contributed by atoms with Crippen LogP contribution < -0.4 is 10.6 Å². The van der Waals surface area contributed by atoms with Gasteiger partial charge in [0.2, 0.25) is 5.89 Å². The van der Waals surface area contributed by atoms with Crippen LogP contribution in [0.1, 0.15) is 37.4 Å². The second-order valence-electron chi connectivity index (χ2n) is 5.63. The van der Waals surface area contributed by atoms with Gasteiger partial charge in [0.1, 0.15) is 17.2 Å². The number of carbonyl (C=O) groups is 1. The van der Waals surface area contributed by atoms with E-state index < -0.39 is 23.2 Å². The molecule has 1 heterocycles. The number of benzene rings is 1. The summed E-state index contributed by atoms with van der Waals surface area (Å²) in [6.45, 7) is 1.67. The number of rotatable bonds is 3. The maximum Gasteiger partial charge on any atom is 0.320 e. The second-order valence-corrected chi connectivity index (χ2v) is 5.63. The molecule has 0 aliphatic heterocycles. The molecule has 0 unspecified atom stereocenters. The molecule has 0 saturated heterocycles. The Kier molecular flexibility index (Phi) is 3.97. The number of aromatic nitrogens is 2. The van der Waals surface area contributed by atoms with Crippen LogP contribution in [-0.2, 0) is 5.54 Å². The molecular weight excluding hydrogens is 306 g/mol. The molecule has 122 valence electrons. The molecule has 0 atom stereocenters. The van der Waals surface area contributed by atoms with E-state index in [1.807, 2.05) is 0 Å². The average Bonchev–Trinajstić information content (AvgIpc) is 3.12. The molecular formula is C15H16F2N4O2. The standard InChI is InChI=1S/C15H16F2N4O2/c1-9-18-13(21-23-9)15(6-2-3-7-15)20-14(22)19-12-5-4-10(16)8-11(12)17/h4-5,8H,2-3,6-7H2,1H3,(H2,19,20,22). The largest absolute Gasteiger partial charge is 0.340 e. The van der Waals surface area contributed by atoms with Crippen molar-refractivity contribution < 1.29 is 18.1 Å². The Balaban J connectivity index is 1.77. The van der Waals surface area contributed by atoms with Crippen LogP contribution in [0.3, 0.4) is 0 Å². The first-order chi connectivity index (χ1) is 11.0. The average molecular weight is 322 g/mol. The van der Waals surface area contributed by atoms with Gasteiger partial charge in [-0.2, -0.15) is 4.98 Å². The van der Waals surface area contributed by atoms with Crippen molar-refractivity contribution >= 4 is 11.7 Å². The fraction of sp³-hybridized carbons (Fsp3) is 0.400. The van der Waals surface area contributed by atoms with E-state index >= 15 is 0 Å². The van der Waals surface area contributed by atoms with Crippen molar-refractivity contribution in [1.29, 1.82) is 0 Å². The van der Waals surface area contributed by atoms with Gasteiger partial charge in [0, 0.05) is 13.0 Å². The Morgan fingerprint density at radius 2 is 2.04 bits per heavy atom. The topological polar surface area (TPSA) is 80.0 Å². The minimum atomic E-state index is -0.837. The van der Waals surface area contributed by atoms with Crippen molar-refractivity contribution in [3.05, 3.63) is 41.5 Å². The molecule has 0 radical (unpaired) electrons. The predicted octanol–water partition coefficient (Wildman–Crippen LogP) is 3.25. The van der Waals surface area contributed by atoms with Crippen LogP contribution in [0.2, 0.25) is 0 Å². The Labute approximate surface area is 131 Å². The van der Waals surface area contributed by atoms with E-state index in [2.05, 4.69) is 20.8 Å². The number of hydrogen-bond donors (Lipinski definition) is 2. The molecule has 2 N–H and O–H groups in total. The third kappa shape index (κ3) is 3.15. The number of nitrogens with one attached hydrogen (secondary N) is 2. The maximum absolute atomic E-state index is 13.6. The molecule has 2 amide bonds. The molecule has 1 aliphatic rings. The molecule has 1 saturated carbocycles. The summed E-state index contributed by atoms with van der Waals surface area (Å²) in [6.07, 6.45) is 3.17. The molecule has 3 rings (SSSR count). The first kappa shape index (κ1) is 15.4. The van der Waals surface area contributed by atoms with Gasteiger partial charge in [-0.3, -0.25) is 0 Å². The maximum atomic E-state index is 13.6. The number of urea groups is 1. The van der Waals surface area contributed by atoms with Crippen molar-refractivity contribution in [2.75, 3.05) is 5.32 Å². The van der Waals surface area contributed by atoms with Crippen LogP contribution in [0.25, 0.3) is 0 Å². The summed E-state index contributed by atoms with van der Waals surface area (Å²) in [5, 5.41) is 9.11. The van der Waals surface area contributed by atoms with E-state index in [-0.39, 0.29) is 5.69 Å². The molecule has 2 aromatic rings. The van der Waals surface area contributed by atoms with E-state index in [0.717, 1.165) is 18.9 Å². The lowest BCUT2D eigenvalue weighted by Crippen LogP contribution is -2.46. The van der Waals surface area contributed by atoms with Crippen LogP contribution in [0, 0.1) is 18.6 Å². The molecule has 0 bridgehead atoms. The van der Waals surface area contributed by atoms with Crippen LogP contribution >= 0.6 is 0 Å². The van der Waals surface area contributed by atoms with Gasteiger partial charge in [-0.05, 0) is 25.0 Å². The molecule has 0 spiro atoms. The van der Waals surface area contributed by atoms with Gasteiger partial charge in [-0.25, -0.2) is 13.6 Å². The highest BCUT2D eigenvalue weighted by molar-refractivity contribution is 5.90. The Morgan fingerprint density at radius 3 is 2.65 bits per heavy atom. The summed E-state index contributed by atoms with van der Waals surface area (Å²) in [5.74, 6) is -0.709. The second kappa shape index (κ2) is 5.94. The van der Waals surface area contributed by atoms with Gasteiger partial charge < -0.3 is 15.2 Å². The van der Waals surface area contributed by atoms with Crippen molar-refractivity contribution in [3.8, 4) is 0 Å². The summed E-state index contributed by atoms with van der Waals surface area (Å²) in [6, 6.07) is 2.36. The van der Waals surface area contributed by atoms with Gasteiger partial charge in [0.15, 0.2) is 5.82 Å². The number of amides is 2. The van der Waals surface area contributed by atoms with Crippen LogP contribution in [0.5, 0.6) is 0 Å². The van der Waals surface area contributed by atoms with Crippen LogP contribution in [0.15, 0.2) is 22.7 Å². The van der Waals surface area contributed by atoms with Crippen molar-refractivity contribution in [3.63, 3.8) is 0 Å². The monoisotopic (exact) mass is 322 g/mol. The number of aryl methyl sites for hydroxylation is 1. The summed E-state index contributed by atoms with van der Waals surface area (Å²) >= 11 is 0. The lowest BCUT2D eigenvalue weighted by atomic mass is 9.97. The molecule has 1 fully saturated rings. The molecule has 6 nitrogen and oxygen atoms in total. The Bertz CT molecular complexity index is 726. The van der Waals surface area contributed by atoms with Gasteiger partial charge in [0.05, 0.1) is 5.69 Å². The lowest BCUT2D eigenvalue weighted by Gasteiger charge is -2.26. The number of nitrogens with zero attached hydrogens (tertiary/aromatic N) is 2. The van der Waals surface area contributed by atoms with Crippen LogP contribution in [-0.4, -0.2) is 16.2 Å². The van der Waals surface area contributed by atoms with Crippen molar-refractivity contribution in [2.24, 2.45) is 0 Å². The number of halogens is 2. The Hall–Kier alpha value is -2.51. The van der Waals surface area contributed by atoms with E-state index in [1.165, 1.54) is 6.07 Å². The zero-order valence-corrected chi connectivity index (χ0v) is 12.5. The zero-order valence-electron chi connectivity index (χ0n) is 12.5. The summed E-state index contributed by atoms with van der Waals surface area (Å²) < 4.78 is 31.5. The molecule has 1 aromatic heterocycles. The zero-order chi connectivity index (χ0) is 16.4. The number of carbonyl (C=O) groups excluding carboxylic acids is 1. The van der Waals surface area contributed by atoms with E-state index in [9.17, 15) is 13.6 Å². The van der Waals surface area contributed by atoms with Gasteiger partial charge in [-0.1, -0.05) is 18.0 Å². The quantitative estimate of drug-likeness (QED) is 0.909. The third-order valence-corrected chi connectivity index (χ3v) is 3.94. The van der Waals surface area contributed by atoms with Gasteiger partial charge in [0.25, 0.3) is 0 Å². The molecule has 1 aliphatic carbocycles. The van der Waals surface area contributed by atoms with Crippen molar-refractivity contribution in [2.45, 2.75) is 38.1 Å². The highest BCUT2D eigenvalue weighted by atomic mass is 19.1. The minimum absolute atomic E-state index is 0.0960. The lowest BCUT2D eigenvalue weighted by molar-refractivity contribution is 0.232. The van der Waals surface area contributed by atoms with Crippen LogP contribution in [0.4, 0.5) is 19.3 Å². The molecule has 8 heteroatoms. The fourth-order valence-corrected chi connectivity index (χ4v) is 2.84. The first-order valence-corrected chi connectivity index (χ1v) is 7.33. The number of anilines is 1. The van der Waals surface area contributed by atoms with E-state index in [4.69, 9.17) is 4.52 Å². The highest BCUT2D eigenvalue weighted by Gasteiger charge is 2.41. The van der Waals surface area contributed by atoms with Gasteiger partial charge in [-0.15, -0.1) is 0 Å². The van der Waals surface area contributed by atoms with E-state index in [1.54, 1.807) is 6.92 Å². The Morgan fingerprint density at radius 1 is 1.30 bits per heavy atom. The summed E-state index contributed by atoms with van der Waals surface area (Å²) in [7, 11) is 0. The fourth-order valence-electron chi connectivity index (χ4n) is 2.84. The normalized spacial score (nSPS) is 16.3. The minimum Gasteiger partial charge on any atom is -0.340 e. The van der Waals surface area contributed by atoms with Gasteiger partial charge >= 0.3 is 6.03 Å². The third-order valence-electron chi connectivity index (χ3n) is 3.94. The smallest absolute Gasteiger partial charge is 0.320 e. The number of hydrogen-bond acceptors (Lipinski definition) is 4. The molecule has 1 aromatic carbocycles.